The molecule has 2 aliphatic heterocycles. The van der Waals surface area contributed by atoms with E-state index in [2.05, 4.69) is 47.1 Å². The van der Waals surface area contributed by atoms with Crippen LogP contribution in [0.2, 0.25) is 0 Å². The standard InChI is InChI=1S/C31H36F2N6O2/c1-19-26-18-38(22-9-10-22)35-29(26)37(17-21-5-3-4-6-24(21)20-7-8-20)31(40)39(19)23-12-15-36(16-13-23)27-25(28(32)33)11-14-34-30(27)41-2/h3-6,11,14,18-20,22-23,28H,7-10,12-13,15-17H2,1-2H3/t19-/m1/s1. The number of alkyl halides is 2. The highest BCUT2D eigenvalue weighted by Crippen LogP contribution is 2.46. The van der Waals surface area contributed by atoms with Crippen LogP contribution in [0.1, 0.15) is 92.1 Å². The smallest absolute Gasteiger partial charge is 0.326 e. The number of hydrogen-bond donors (Lipinski definition) is 0. The third-order valence-corrected chi connectivity index (χ3v) is 9.16. The van der Waals surface area contributed by atoms with Crippen molar-refractivity contribution in [3.05, 3.63) is 65.0 Å². The van der Waals surface area contributed by atoms with Crippen molar-refractivity contribution < 1.29 is 18.3 Å². The molecule has 0 radical (unpaired) electrons. The van der Waals surface area contributed by atoms with Crippen molar-refractivity contribution in [2.75, 3.05) is 30.0 Å². The summed E-state index contributed by atoms with van der Waals surface area (Å²) in [5, 5.41) is 4.95. The Morgan fingerprint density at radius 2 is 1.76 bits per heavy atom. The van der Waals surface area contributed by atoms with Crippen LogP contribution in [-0.4, -0.2) is 51.9 Å². The summed E-state index contributed by atoms with van der Waals surface area (Å²) in [6.07, 6.45) is 6.83. The average molecular weight is 563 g/mol. The van der Waals surface area contributed by atoms with Gasteiger partial charge in [-0.2, -0.15) is 5.10 Å². The Kier molecular flexibility index (Phi) is 6.59. The van der Waals surface area contributed by atoms with Crippen LogP contribution in [0.4, 0.5) is 25.1 Å². The minimum Gasteiger partial charge on any atom is -0.480 e. The molecule has 2 aromatic heterocycles. The molecule has 2 aliphatic carbocycles. The van der Waals surface area contributed by atoms with Crippen molar-refractivity contribution in [1.82, 2.24) is 19.7 Å². The molecule has 10 heteroatoms. The van der Waals surface area contributed by atoms with Gasteiger partial charge < -0.3 is 14.5 Å². The predicted octanol–water partition coefficient (Wildman–Crippen LogP) is 6.61. The number of carbonyl (C=O) groups excluding carboxylic acids is 1. The minimum atomic E-state index is -2.63. The molecular formula is C31H36F2N6O2. The van der Waals surface area contributed by atoms with E-state index in [1.165, 1.54) is 43.3 Å². The van der Waals surface area contributed by atoms with Crippen LogP contribution in [0.25, 0.3) is 0 Å². The van der Waals surface area contributed by atoms with Crippen molar-refractivity contribution in [1.29, 1.82) is 0 Å². The maximum atomic E-state index is 14.3. The third kappa shape index (κ3) is 4.71. The molecule has 8 nitrogen and oxygen atoms in total. The van der Waals surface area contributed by atoms with E-state index in [0.29, 0.717) is 50.1 Å². The van der Waals surface area contributed by atoms with Crippen molar-refractivity contribution in [2.24, 2.45) is 0 Å². The Hall–Kier alpha value is -3.69. The molecule has 3 aromatic rings. The van der Waals surface area contributed by atoms with Crippen molar-refractivity contribution in [2.45, 2.75) is 82.5 Å². The van der Waals surface area contributed by atoms with E-state index in [0.717, 1.165) is 24.2 Å². The molecule has 41 heavy (non-hydrogen) atoms. The first-order chi connectivity index (χ1) is 19.9. The topological polar surface area (TPSA) is 66.7 Å². The molecule has 2 saturated carbocycles. The van der Waals surface area contributed by atoms with Gasteiger partial charge in [-0.25, -0.2) is 18.6 Å². The van der Waals surface area contributed by atoms with Gasteiger partial charge >= 0.3 is 6.03 Å². The van der Waals surface area contributed by atoms with Crippen LogP contribution in [0.15, 0.2) is 42.7 Å². The molecule has 216 valence electrons. The third-order valence-electron chi connectivity index (χ3n) is 9.16. The summed E-state index contributed by atoms with van der Waals surface area (Å²) in [4.78, 5) is 24.4. The minimum absolute atomic E-state index is 0.0231. The van der Waals surface area contributed by atoms with Crippen molar-refractivity contribution in [3.8, 4) is 5.88 Å². The Labute approximate surface area is 238 Å². The Balaban J connectivity index is 1.17. The number of benzene rings is 1. The van der Waals surface area contributed by atoms with E-state index in [9.17, 15) is 13.6 Å². The molecule has 1 saturated heterocycles. The fraction of sp³-hybridized carbons (Fsp3) is 0.516. The maximum absolute atomic E-state index is 14.3. The van der Waals surface area contributed by atoms with Crippen LogP contribution in [-0.2, 0) is 6.54 Å². The molecular weight excluding hydrogens is 526 g/mol. The van der Waals surface area contributed by atoms with Gasteiger partial charge in [0.2, 0.25) is 5.88 Å². The Morgan fingerprint density at radius 3 is 2.44 bits per heavy atom. The van der Waals surface area contributed by atoms with Crippen LogP contribution >= 0.6 is 0 Å². The van der Waals surface area contributed by atoms with Crippen molar-refractivity contribution >= 4 is 17.5 Å². The van der Waals surface area contributed by atoms with Crippen LogP contribution in [0, 0.1) is 0 Å². The van der Waals surface area contributed by atoms with E-state index in [-0.39, 0.29) is 29.6 Å². The number of aromatic nitrogens is 3. The molecule has 0 spiro atoms. The van der Waals surface area contributed by atoms with Gasteiger partial charge in [-0.15, -0.1) is 0 Å². The first-order valence-electron chi connectivity index (χ1n) is 14.8. The fourth-order valence-corrected chi connectivity index (χ4v) is 6.69. The molecule has 0 unspecified atom stereocenters. The summed E-state index contributed by atoms with van der Waals surface area (Å²) < 4.78 is 35.2. The second-order valence-corrected chi connectivity index (χ2v) is 11.8. The highest BCUT2D eigenvalue weighted by atomic mass is 19.3. The van der Waals surface area contributed by atoms with Gasteiger partial charge in [0.05, 0.1) is 25.7 Å². The van der Waals surface area contributed by atoms with Gasteiger partial charge in [0, 0.05) is 42.7 Å². The number of halogens is 2. The SMILES string of the molecule is COc1nccc(C(F)F)c1N1CCC(N2C(=O)N(Cc3ccccc3C3CC3)c3nn(C4CC4)cc3[C@H]2C)CC1. The number of anilines is 2. The summed E-state index contributed by atoms with van der Waals surface area (Å²) in [5.41, 5.74) is 3.88. The number of carbonyl (C=O) groups is 1. The molecule has 4 heterocycles. The Morgan fingerprint density at radius 1 is 1.00 bits per heavy atom. The van der Waals surface area contributed by atoms with Gasteiger partial charge in [-0.05, 0) is 68.6 Å². The molecule has 3 fully saturated rings. The average Bonchev–Trinajstić information content (AvgIpc) is 3.93. The van der Waals surface area contributed by atoms with Gasteiger partial charge in [-0.3, -0.25) is 9.58 Å². The molecule has 7 rings (SSSR count). The number of piperidine rings is 1. The number of rotatable bonds is 8. The number of hydrogen-bond acceptors (Lipinski definition) is 5. The zero-order valence-electron chi connectivity index (χ0n) is 23.5. The van der Waals surface area contributed by atoms with Gasteiger partial charge in [0.15, 0.2) is 5.82 Å². The van der Waals surface area contributed by atoms with Gasteiger partial charge in [-0.1, -0.05) is 24.3 Å². The molecule has 2 amide bonds. The summed E-state index contributed by atoms with van der Waals surface area (Å²) in [7, 11) is 1.46. The second kappa shape index (κ2) is 10.3. The fourth-order valence-electron chi connectivity index (χ4n) is 6.69. The van der Waals surface area contributed by atoms with Gasteiger partial charge in [0.1, 0.15) is 5.69 Å². The number of amides is 2. The first kappa shape index (κ1) is 26.2. The number of urea groups is 1. The number of pyridine rings is 1. The van der Waals surface area contributed by atoms with E-state index < -0.39 is 6.43 Å². The van der Waals surface area contributed by atoms with E-state index >= 15 is 0 Å². The Bertz CT molecular complexity index is 1440. The summed E-state index contributed by atoms with van der Waals surface area (Å²) >= 11 is 0. The van der Waals surface area contributed by atoms with E-state index in [4.69, 9.17) is 9.84 Å². The highest BCUT2D eigenvalue weighted by molar-refractivity contribution is 5.94. The van der Waals surface area contributed by atoms with E-state index in [1.807, 2.05) is 14.7 Å². The monoisotopic (exact) mass is 562 g/mol. The lowest BCUT2D eigenvalue weighted by Gasteiger charge is -2.46. The zero-order valence-corrected chi connectivity index (χ0v) is 23.5. The quantitative estimate of drug-likeness (QED) is 0.309. The van der Waals surface area contributed by atoms with Crippen molar-refractivity contribution in [3.63, 3.8) is 0 Å². The zero-order chi connectivity index (χ0) is 28.2. The largest absolute Gasteiger partial charge is 0.480 e. The lowest BCUT2D eigenvalue weighted by molar-refractivity contribution is 0.135. The normalized spacial score (nSPS) is 21.5. The predicted molar refractivity (Wildman–Crippen MR) is 152 cm³/mol. The lowest BCUT2D eigenvalue weighted by Crippen LogP contribution is -2.55. The highest BCUT2D eigenvalue weighted by Gasteiger charge is 2.44. The number of fused-ring (bicyclic) bond motifs is 1. The molecule has 0 bridgehead atoms. The van der Waals surface area contributed by atoms with Crippen LogP contribution in [0.5, 0.6) is 5.88 Å². The number of ether oxygens (including phenoxy) is 1. The summed E-state index contributed by atoms with van der Waals surface area (Å²) in [6, 6.07) is 10.1. The maximum Gasteiger partial charge on any atom is 0.326 e. The molecule has 4 aliphatic rings. The van der Waals surface area contributed by atoms with E-state index in [1.54, 1.807) is 0 Å². The number of methoxy groups -OCH3 is 1. The lowest BCUT2D eigenvalue weighted by atomic mass is 9.96. The molecule has 1 atom stereocenters. The van der Waals surface area contributed by atoms with Crippen LogP contribution < -0.4 is 14.5 Å². The molecule has 0 N–H and O–H groups in total. The number of nitrogens with zero attached hydrogens (tertiary/aromatic N) is 6. The van der Waals surface area contributed by atoms with Gasteiger partial charge in [0.25, 0.3) is 6.43 Å². The summed E-state index contributed by atoms with van der Waals surface area (Å²) in [6.45, 7) is 3.65. The molecule has 1 aromatic carbocycles. The van der Waals surface area contributed by atoms with Crippen LogP contribution in [0.3, 0.4) is 0 Å². The second-order valence-electron chi connectivity index (χ2n) is 11.8. The first-order valence-corrected chi connectivity index (χ1v) is 14.8. The summed E-state index contributed by atoms with van der Waals surface area (Å²) in [5.74, 6) is 1.56.